The zero-order valence-electron chi connectivity index (χ0n) is 19.9. The molecule has 0 bridgehead atoms. The molecule has 0 saturated heterocycles. The molecule has 0 aliphatic rings. The molecule has 0 radical (unpaired) electrons. The molecule has 0 amide bonds. The van der Waals surface area contributed by atoms with Gasteiger partial charge in [-0.25, -0.2) is 24.3 Å². The number of nitrogens with zero attached hydrogens (tertiary/aromatic N) is 4. The second-order valence-corrected chi connectivity index (χ2v) is 9.68. The van der Waals surface area contributed by atoms with Crippen LogP contribution in [0.4, 0.5) is 21.2 Å². The largest absolute Gasteiger partial charge is 0.383 e. The molecule has 186 valence electrons. The molecule has 8 nitrogen and oxygen atoms in total. The summed E-state index contributed by atoms with van der Waals surface area (Å²) in [5.41, 5.74) is 16.5. The Morgan fingerprint density at radius 2 is 1.74 bits per heavy atom. The number of hydrogen-bond acceptors (Lipinski definition) is 9. The number of nitrogens with one attached hydrogen (secondary N) is 2. The van der Waals surface area contributed by atoms with Crippen LogP contribution in [0.15, 0.2) is 79.1 Å². The van der Waals surface area contributed by atoms with Crippen molar-refractivity contribution < 1.29 is 4.39 Å². The van der Waals surface area contributed by atoms with Crippen LogP contribution in [0.1, 0.15) is 16.7 Å². The van der Waals surface area contributed by atoms with Gasteiger partial charge in [0.15, 0.2) is 5.13 Å². The number of nitrogen functional groups attached to an aromatic ring is 2. The molecule has 3 aromatic heterocycles. The number of anilines is 3. The normalized spacial score (nSPS) is 11.2. The van der Waals surface area contributed by atoms with Crippen molar-refractivity contribution in [2.24, 2.45) is 0 Å². The average molecular weight is 521 g/mol. The summed E-state index contributed by atoms with van der Waals surface area (Å²) in [5, 5.41) is 13.6. The maximum atomic E-state index is 14.8. The van der Waals surface area contributed by atoms with E-state index >= 15 is 0 Å². The van der Waals surface area contributed by atoms with E-state index in [2.05, 4.69) is 20.3 Å². The van der Waals surface area contributed by atoms with Crippen LogP contribution >= 0.6 is 11.3 Å². The van der Waals surface area contributed by atoms with Gasteiger partial charge in [-0.3, -0.25) is 5.41 Å². The lowest BCUT2D eigenvalue weighted by atomic mass is 10.0. The first-order chi connectivity index (χ1) is 18.5. The number of rotatable bonds is 6. The summed E-state index contributed by atoms with van der Waals surface area (Å²) < 4.78 is 15.7. The van der Waals surface area contributed by atoms with Gasteiger partial charge in [0.05, 0.1) is 32.7 Å². The minimum atomic E-state index is -0.357. The summed E-state index contributed by atoms with van der Waals surface area (Å²) in [4.78, 5) is 17.6. The predicted octanol–water partition coefficient (Wildman–Crippen LogP) is 5.63. The minimum absolute atomic E-state index is 0.158. The van der Waals surface area contributed by atoms with Gasteiger partial charge < -0.3 is 16.8 Å². The highest BCUT2D eigenvalue weighted by Gasteiger charge is 2.19. The van der Waals surface area contributed by atoms with E-state index in [1.165, 1.54) is 23.7 Å². The number of thiazole rings is 1. The summed E-state index contributed by atoms with van der Waals surface area (Å²) in [5.74, 6) is 0.200. The first-order valence-corrected chi connectivity index (χ1v) is 12.5. The summed E-state index contributed by atoms with van der Waals surface area (Å²) in [6.45, 7) is 0.267. The number of pyridine rings is 1. The Kier molecular flexibility index (Phi) is 5.85. The van der Waals surface area contributed by atoms with E-state index in [-0.39, 0.29) is 23.9 Å². The summed E-state index contributed by atoms with van der Waals surface area (Å²) in [6, 6.07) is 21.7. The minimum Gasteiger partial charge on any atom is -0.383 e. The van der Waals surface area contributed by atoms with Gasteiger partial charge in [-0.05, 0) is 42.0 Å². The third-order valence-corrected chi connectivity index (χ3v) is 7.05. The number of aromatic nitrogens is 4. The second kappa shape index (κ2) is 9.49. The zero-order valence-corrected chi connectivity index (χ0v) is 20.8. The Hall–Kier alpha value is -4.96. The van der Waals surface area contributed by atoms with E-state index in [1.807, 2.05) is 42.5 Å². The summed E-state index contributed by atoms with van der Waals surface area (Å²) >= 11 is 1.35. The van der Waals surface area contributed by atoms with Crippen molar-refractivity contribution in [3.63, 3.8) is 0 Å². The molecule has 38 heavy (non-hydrogen) atoms. The number of benzene rings is 3. The number of para-hydroxylation sites is 1. The van der Waals surface area contributed by atoms with Gasteiger partial charge in [0.2, 0.25) is 0 Å². The van der Waals surface area contributed by atoms with Crippen LogP contribution in [0.5, 0.6) is 0 Å². The highest BCUT2D eigenvalue weighted by molar-refractivity contribution is 7.22. The standard InChI is InChI=1S/C28H21FN8S/c29-19-7-3-2-6-18(19)25-17(11-15-5-1-4-8-20(15)36-25)13-33-27-23(26(31)34-14-35-27)24(30)16-9-10-21-22(12-16)38-28(32)37-21/h1-12,14,30H,13H2,(H2,32,37)(H3,31,33,34,35). The van der Waals surface area contributed by atoms with Gasteiger partial charge in [0.25, 0.3) is 0 Å². The molecule has 6 aromatic rings. The van der Waals surface area contributed by atoms with Crippen LogP contribution in [0.3, 0.4) is 0 Å². The van der Waals surface area contributed by atoms with Crippen molar-refractivity contribution in [1.29, 1.82) is 5.41 Å². The molecule has 10 heteroatoms. The van der Waals surface area contributed by atoms with E-state index < -0.39 is 0 Å². The van der Waals surface area contributed by atoms with Gasteiger partial charge in [0.1, 0.15) is 23.8 Å². The summed E-state index contributed by atoms with van der Waals surface area (Å²) in [6.07, 6.45) is 1.35. The van der Waals surface area contributed by atoms with Gasteiger partial charge in [-0.2, -0.15) is 0 Å². The quantitative estimate of drug-likeness (QED) is 0.209. The molecule has 0 saturated carbocycles. The Morgan fingerprint density at radius 3 is 2.61 bits per heavy atom. The smallest absolute Gasteiger partial charge is 0.181 e. The Balaban J connectivity index is 1.39. The van der Waals surface area contributed by atoms with Crippen molar-refractivity contribution in [2.45, 2.75) is 6.54 Å². The third-order valence-electron chi connectivity index (χ3n) is 6.20. The molecular weight excluding hydrogens is 499 g/mol. The molecule has 0 aliphatic heterocycles. The van der Waals surface area contributed by atoms with Crippen LogP contribution < -0.4 is 16.8 Å². The highest BCUT2D eigenvalue weighted by atomic mass is 32.1. The fraction of sp³-hybridized carbons (Fsp3) is 0.0357. The molecule has 6 rings (SSSR count). The SMILES string of the molecule is N=C(c1ccc2nc(N)sc2c1)c1c(N)ncnc1NCc1cc2ccccc2nc1-c1ccccc1F. The number of halogens is 1. The van der Waals surface area contributed by atoms with Crippen LogP contribution in [0, 0.1) is 11.2 Å². The van der Waals surface area contributed by atoms with E-state index in [9.17, 15) is 4.39 Å². The molecule has 6 N–H and O–H groups in total. The lowest BCUT2D eigenvalue weighted by molar-refractivity contribution is 0.630. The van der Waals surface area contributed by atoms with E-state index in [0.29, 0.717) is 33.3 Å². The fourth-order valence-electron chi connectivity index (χ4n) is 4.38. The second-order valence-electron chi connectivity index (χ2n) is 8.61. The van der Waals surface area contributed by atoms with Gasteiger partial charge in [-0.15, -0.1) is 0 Å². The topological polar surface area (TPSA) is 139 Å². The van der Waals surface area contributed by atoms with Crippen LogP contribution in [-0.4, -0.2) is 25.6 Å². The average Bonchev–Trinajstić information content (AvgIpc) is 3.30. The van der Waals surface area contributed by atoms with Crippen molar-refractivity contribution in [3.05, 3.63) is 102 Å². The van der Waals surface area contributed by atoms with Crippen molar-refractivity contribution in [1.82, 2.24) is 19.9 Å². The van der Waals surface area contributed by atoms with E-state index in [4.69, 9.17) is 21.9 Å². The monoisotopic (exact) mass is 520 g/mol. The van der Waals surface area contributed by atoms with Crippen molar-refractivity contribution >= 4 is 54.9 Å². The maximum Gasteiger partial charge on any atom is 0.181 e. The molecular formula is C28H21FN8S. The van der Waals surface area contributed by atoms with Crippen LogP contribution in [0.2, 0.25) is 0 Å². The van der Waals surface area contributed by atoms with Gasteiger partial charge >= 0.3 is 0 Å². The predicted molar refractivity (Wildman–Crippen MR) is 151 cm³/mol. The Morgan fingerprint density at radius 1 is 0.921 bits per heavy atom. The third kappa shape index (κ3) is 4.27. The first kappa shape index (κ1) is 23.4. The van der Waals surface area contributed by atoms with E-state index in [1.54, 1.807) is 24.3 Å². The van der Waals surface area contributed by atoms with Crippen molar-refractivity contribution in [3.8, 4) is 11.3 Å². The summed E-state index contributed by atoms with van der Waals surface area (Å²) in [7, 11) is 0. The van der Waals surface area contributed by atoms with Gasteiger partial charge in [-0.1, -0.05) is 47.7 Å². The molecule has 0 aliphatic carbocycles. The van der Waals surface area contributed by atoms with Crippen LogP contribution in [0.25, 0.3) is 32.4 Å². The molecule has 0 unspecified atom stereocenters. The highest BCUT2D eigenvalue weighted by Crippen LogP contribution is 2.30. The first-order valence-electron chi connectivity index (χ1n) is 11.7. The maximum absolute atomic E-state index is 14.8. The zero-order chi connectivity index (χ0) is 26.2. The molecule has 0 atom stereocenters. The van der Waals surface area contributed by atoms with E-state index in [0.717, 1.165) is 26.7 Å². The van der Waals surface area contributed by atoms with Crippen molar-refractivity contribution in [2.75, 3.05) is 16.8 Å². The number of hydrogen-bond donors (Lipinski definition) is 4. The van der Waals surface area contributed by atoms with Gasteiger partial charge in [0, 0.05) is 23.1 Å². The fourth-order valence-corrected chi connectivity index (χ4v) is 5.16. The molecule has 0 spiro atoms. The molecule has 3 heterocycles. The lowest BCUT2D eigenvalue weighted by Crippen LogP contribution is -2.14. The number of fused-ring (bicyclic) bond motifs is 2. The Labute approximate surface area is 220 Å². The Bertz CT molecular complexity index is 1850. The van der Waals surface area contributed by atoms with Crippen LogP contribution in [-0.2, 0) is 6.54 Å². The number of nitrogens with two attached hydrogens (primary N) is 2. The molecule has 3 aromatic carbocycles. The lowest BCUT2D eigenvalue weighted by Gasteiger charge is -2.16. The molecule has 0 fully saturated rings.